The lowest BCUT2D eigenvalue weighted by Crippen LogP contribution is -2.43. The highest BCUT2D eigenvalue weighted by Gasteiger charge is 2.41. The Labute approximate surface area is 155 Å². The third-order valence-electron chi connectivity index (χ3n) is 4.18. The minimum Gasteiger partial charge on any atom is -0.485 e. The van der Waals surface area contributed by atoms with E-state index in [1.807, 2.05) is 0 Å². The molecule has 0 radical (unpaired) electrons. The molecule has 2 atom stereocenters. The van der Waals surface area contributed by atoms with Gasteiger partial charge < -0.3 is 19.1 Å². The Morgan fingerprint density at radius 3 is 2.78 bits per heavy atom. The Morgan fingerprint density at radius 1 is 1.26 bits per heavy atom. The van der Waals surface area contributed by atoms with Gasteiger partial charge in [-0.25, -0.2) is 9.18 Å². The van der Waals surface area contributed by atoms with Crippen molar-refractivity contribution in [1.29, 1.82) is 0 Å². The average Bonchev–Trinajstić information content (AvgIpc) is 3.12. The number of nitrogens with zero attached hydrogens (tertiary/aromatic N) is 2. The molecule has 1 saturated heterocycles. The van der Waals surface area contributed by atoms with Crippen LogP contribution in [0.3, 0.4) is 0 Å². The van der Waals surface area contributed by atoms with E-state index in [0.717, 1.165) is 0 Å². The molecule has 142 valence electrons. The van der Waals surface area contributed by atoms with E-state index in [0.29, 0.717) is 5.75 Å². The number of carbonyl (C=O) groups excluding carboxylic acids is 2. The number of benzene rings is 1. The van der Waals surface area contributed by atoms with Crippen molar-refractivity contribution in [2.45, 2.75) is 18.6 Å². The summed E-state index contributed by atoms with van der Waals surface area (Å²) in [5.74, 6) is -0.930. The summed E-state index contributed by atoms with van der Waals surface area (Å²) in [5, 5.41) is 0. The van der Waals surface area contributed by atoms with Crippen LogP contribution in [0.2, 0.25) is 0 Å². The molecule has 1 aliphatic rings. The number of ether oxygens (including phenoxy) is 3. The number of hydrogen-bond donors (Lipinski definition) is 0. The molecule has 2 aromatic rings. The molecule has 0 spiro atoms. The molecule has 1 aromatic carbocycles. The van der Waals surface area contributed by atoms with Gasteiger partial charge in [-0.05, 0) is 24.3 Å². The zero-order valence-electron chi connectivity index (χ0n) is 14.7. The number of halogens is 1. The summed E-state index contributed by atoms with van der Waals surface area (Å²) in [4.78, 5) is 29.9. The summed E-state index contributed by atoms with van der Waals surface area (Å²) in [5.41, 5.74) is 0. The highest BCUT2D eigenvalue weighted by molar-refractivity contribution is 5.86. The van der Waals surface area contributed by atoms with E-state index < -0.39 is 29.8 Å². The number of aromatic nitrogens is 1. The normalized spacial score (nSPS) is 18.8. The van der Waals surface area contributed by atoms with Crippen molar-refractivity contribution in [2.24, 2.45) is 0 Å². The minimum absolute atomic E-state index is 0.0759. The van der Waals surface area contributed by atoms with E-state index in [1.54, 1.807) is 30.5 Å². The van der Waals surface area contributed by atoms with Gasteiger partial charge in [0, 0.05) is 12.6 Å². The van der Waals surface area contributed by atoms with Crippen LogP contribution in [0.25, 0.3) is 0 Å². The van der Waals surface area contributed by atoms with Crippen LogP contribution in [0.5, 0.6) is 11.5 Å². The van der Waals surface area contributed by atoms with Gasteiger partial charge >= 0.3 is 5.97 Å². The molecule has 0 aliphatic carbocycles. The lowest BCUT2D eigenvalue weighted by molar-refractivity contribution is -0.151. The van der Waals surface area contributed by atoms with Gasteiger partial charge in [0.2, 0.25) is 0 Å². The molecule has 1 fully saturated rings. The number of likely N-dealkylation sites (tertiary alicyclic amines) is 1. The van der Waals surface area contributed by atoms with E-state index in [2.05, 4.69) is 4.98 Å². The molecular weight excluding hydrogens is 355 g/mol. The largest absolute Gasteiger partial charge is 0.485 e. The van der Waals surface area contributed by atoms with Crippen molar-refractivity contribution in [2.75, 3.05) is 20.3 Å². The van der Waals surface area contributed by atoms with Gasteiger partial charge in [-0.1, -0.05) is 12.1 Å². The molecule has 3 rings (SSSR count). The quantitative estimate of drug-likeness (QED) is 0.718. The van der Waals surface area contributed by atoms with Crippen molar-refractivity contribution < 1.29 is 28.2 Å². The van der Waals surface area contributed by atoms with Crippen molar-refractivity contribution in [3.05, 3.63) is 54.6 Å². The lowest BCUT2D eigenvalue weighted by atomic mass is 10.2. The molecule has 1 aliphatic heterocycles. The van der Waals surface area contributed by atoms with Gasteiger partial charge in [0.25, 0.3) is 5.91 Å². The Hall–Kier alpha value is -3.16. The molecule has 8 heteroatoms. The molecule has 2 heterocycles. The number of rotatable bonds is 6. The maximum atomic E-state index is 13.8. The van der Waals surface area contributed by atoms with E-state index in [1.165, 1.54) is 30.3 Å². The number of methoxy groups -OCH3 is 1. The van der Waals surface area contributed by atoms with Gasteiger partial charge in [-0.15, -0.1) is 0 Å². The van der Waals surface area contributed by atoms with Crippen molar-refractivity contribution in [3.63, 3.8) is 0 Å². The Kier molecular flexibility index (Phi) is 5.85. The summed E-state index contributed by atoms with van der Waals surface area (Å²) in [6, 6.07) is 8.54. The first kappa shape index (κ1) is 18.6. The lowest BCUT2D eigenvalue weighted by Gasteiger charge is -2.22. The maximum absolute atomic E-state index is 13.8. The van der Waals surface area contributed by atoms with Gasteiger partial charge in [-0.3, -0.25) is 9.78 Å². The third-order valence-corrected chi connectivity index (χ3v) is 4.18. The molecule has 0 N–H and O–H groups in total. The third kappa shape index (κ3) is 4.52. The van der Waals surface area contributed by atoms with Crippen LogP contribution in [0.4, 0.5) is 4.39 Å². The predicted molar refractivity (Wildman–Crippen MR) is 92.7 cm³/mol. The monoisotopic (exact) mass is 374 g/mol. The Balaban J connectivity index is 1.67. The number of pyridine rings is 1. The molecule has 1 amide bonds. The van der Waals surface area contributed by atoms with Gasteiger partial charge in [0.15, 0.2) is 18.2 Å². The summed E-state index contributed by atoms with van der Waals surface area (Å²) in [6.45, 7) is -0.130. The van der Waals surface area contributed by atoms with E-state index >= 15 is 0 Å². The highest BCUT2D eigenvalue weighted by atomic mass is 19.1. The Bertz CT molecular complexity index is 802. The molecule has 0 bridgehead atoms. The fourth-order valence-electron chi connectivity index (χ4n) is 2.90. The second-order valence-corrected chi connectivity index (χ2v) is 5.97. The highest BCUT2D eigenvalue weighted by Crippen LogP contribution is 2.26. The summed E-state index contributed by atoms with van der Waals surface area (Å²) < 4.78 is 29.6. The molecule has 2 unspecified atom stereocenters. The average molecular weight is 374 g/mol. The topological polar surface area (TPSA) is 78.0 Å². The zero-order chi connectivity index (χ0) is 19.2. The van der Waals surface area contributed by atoms with Crippen LogP contribution < -0.4 is 9.47 Å². The second-order valence-electron chi connectivity index (χ2n) is 5.97. The van der Waals surface area contributed by atoms with Crippen LogP contribution in [0.15, 0.2) is 48.8 Å². The first-order chi connectivity index (χ1) is 13.1. The second kappa shape index (κ2) is 8.48. The summed E-state index contributed by atoms with van der Waals surface area (Å²) in [6.07, 6.45) is 2.75. The standard InChI is InChI=1S/C19H19FN2O5/c1-25-19(24)16-9-14(27-17-7-3-2-6-15(17)20)11-22(16)18(23)12-26-13-5-4-8-21-10-13/h2-8,10,14,16H,9,11-12H2,1H3. The number of esters is 1. The molecular formula is C19H19FN2O5. The van der Waals surface area contributed by atoms with Gasteiger partial charge in [0.1, 0.15) is 17.9 Å². The number of carbonyl (C=O) groups is 2. The van der Waals surface area contributed by atoms with Crippen LogP contribution in [-0.2, 0) is 14.3 Å². The molecule has 27 heavy (non-hydrogen) atoms. The number of para-hydroxylation sites is 1. The zero-order valence-corrected chi connectivity index (χ0v) is 14.7. The van der Waals surface area contributed by atoms with Crippen molar-refractivity contribution in [1.82, 2.24) is 9.88 Å². The van der Waals surface area contributed by atoms with Gasteiger partial charge in [0.05, 0.1) is 19.9 Å². The predicted octanol–water partition coefficient (Wildman–Crippen LogP) is 1.82. The van der Waals surface area contributed by atoms with E-state index in [-0.39, 0.29) is 25.3 Å². The van der Waals surface area contributed by atoms with E-state index in [9.17, 15) is 14.0 Å². The summed E-state index contributed by atoms with van der Waals surface area (Å²) in [7, 11) is 1.25. The first-order valence-corrected chi connectivity index (χ1v) is 8.40. The molecule has 0 saturated carbocycles. The van der Waals surface area contributed by atoms with Crippen molar-refractivity contribution in [3.8, 4) is 11.5 Å². The first-order valence-electron chi connectivity index (χ1n) is 8.40. The van der Waals surface area contributed by atoms with Crippen LogP contribution in [-0.4, -0.2) is 54.2 Å². The van der Waals surface area contributed by atoms with Crippen LogP contribution in [0, 0.1) is 5.82 Å². The van der Waals surface area contributed by atoms with Gasteiger partial charge in [-0.2, -0.15) is 0 Å². The maximum Gasteiger partial charge on any atom is 0.328 e. The minimum atomic E-state index is -0.809. The van der Waals surface area contributed by atoms with E-state index in [4.69, 9.17) is 14.2 Å². The smallest absolute Gasteiger partial charge is 0.328 e. The number of amides is 1. The summed E-state index contributed by atoms with van der Waals surface area (Å²) >= 11 is 0. The molecule has 7 nitrogen and oxygen atoms in total. The van der Waals surface area contributed by atoms with Crippen LogP contribution in [0.1, 0.15) is 6.42 Å². The fourth-order valence-corrected chi connectivity index (χ4v) is 2.90. The van der Waals surface area contributed by atoms with Crippen LogP contribution >= 0.6 is 0 Å². The fraction of sp³-hybridized carbons (Fsp3) is 0.316. The Morgan fingerprint density at radius 2 is 2.07 bits per heavy atom. The molecule has 1 aromatic heterocycles. The SMILES string of the molecule is COC(=O)C1CC(Oc2ccccc2F)CN1C(=O)COc1cccnc1. The number of hydrogen-bond acceptors (Lipinski definition) is 6. The van der Waals surface area contributed by atoms with Crippen molar-refractivity contribution >= 4 is 11.9 Å².